The Balaban J connectivity index is 3.62. The first-order chi connectivity index (χ1) is 23.5. The maximum Gasteiger partial charge on any atom is 0.305 e. The van der Waals surface area contributed by atoms with E-state index in [9.17, 15) is 19.8 Å². The third-order valence-corrected chi connectivity index (χ3v) is 8.42. The molecule has 0 aliphatic rings. The lowest BCUT2D eigenvalue weighted by molar-refractivity contribution is -0.152. The quantitative estimate of drug-likeness (QED) is 0.0301. The highest BCUT2D eigenvalue weighted by Gasteiger charge is 2.12. The number of carbonyl (C=O) groups is 2. The Bertz CT molecular complexity index is 830. The Hall–Kier alpha value is -2.18. The fourth-order valence-electron chi connectivity index (χ4n) is 5.37. The van der Waals surface area contributed by atoms with Gasteiger partial charge in [0.05, 0.1) is 6.10 Å². The lowest BCUT2D eigenvalue weighted by Gasteiger charge is -2.12. The minimum Gasteiger partial charge on any atom is -0.463 e. The highest BCUT2D eigenvalue weighted by molar-refractivity contribution is 5.69. The summed E-state index contributed by atoms with van der Waals surface area (Å²) >= 11 is 0. The fourth-order valence-corrected chi connectivity index (χ4v) is 5.37. The second-order valence-corrected chi connectivity index (χ2v) is 13.3. The summed E-state index contributed by atoms with van der Waals surface area (Å²) in [5.74, 6) is -0.757. The Morgan fingerprint density at radius 1 is 0.521 bits per heavy atom. The molecule has 0 radical (unpaired) electrons. The van der Waals surface area contributed by atoms with Gasteiger partial charge >= 0.3 is 11.9 Å². The summed E-state index contributed by atoms with van der Waals surface area (Å²) in [6, 6.07) is 0. The van der Waals surface area contributed by atoms with Crippen LogP contribution in [0.5, 0.6) is 0 Å². The van der Waals surface area contributed by atoms with Crippen molar-refractivity contribution in [3.8, 4) is 0 Å². The van der Waals surface area contributed by atoms with E-state index in [0.29, 0.717) is 19.3 Å². The smallest absolute Gasteiger partial charge is 0.305 e. The third kappa shape index (κ3) is 36.7. The number of aliphatic hydroxyl groups excluding tert-OH is 2. The van der Waals surface area contributed by atoms with Crippen molar-refractivity contribution in [3.63, 3.8) is 0 Å². The van der Waals surface area contributed by atoms with Gasteiger partial charge in [-0.15, -0.1) is 0 Å². The Labute approximate surface area is 295 Å². The Kier molecular flexibility index (Phi) is 35.9. The van der Waals surface area contributed by atoms with Crippen LogP contribution in [0, 0.1) is 0 Å². The zero-order valence-electron chi connectivity index (χ0n) is 31.1. The van der Waals surface area contributed by atoms with Gasteiger partial charge in [-0.25, -0.2) is 0 Å². The standard InChI is InChI=1S/C42H74O6/c1-3-5-7-9-11-13-15-17-18-19-21-23-25-27-29-31-35-41(45)47-37-40(44)38-48-42(46)36-32-34-39(43)33-30-28-26-24-22-20-16-14-12-10-8-6-4-2/h12,14,20,22,26,28,30,33,39-40,43-44H,3-11,13,15-19,21,23-25,27,29,31-32,34-38H2,1-2H3/b14-12-,22-20-,28-26-,33-30+/t39-,40+/m1/s1. The number of esters is 2. The lowest BCUT2D eigenvalue weighted by atomic mass is 10.0. The van der Waals surface area contributed by atoms with Crippen LogP contribution in [0.4, 0.5) is 0 Å². The fraction of sp³-hybridized carbons (Fsp3) is 0.762. The summed E-state index contributed by atoms with van der Waals surface area (Å²) in [5.41, 5.74) is 0. The van der Waals surface area contributed by atoms with Gasteiger partial charge in [-0.05, 0) is 44.9 Å². The molecule has 0 fully saturated rings. The SMILES string of the molecule is CCCCC/C=C\C/C=C\C/C=C\C=C\[C@@H](O)CCCC(=O)OC[C@@H](O)COC(=O)CCCCCCCCCCCCCCCCCC. The van der Waals surface area contributed by atoms with Gasteiger partial charge in [-0.1, -0.05) is 172 Å². The molecule has 0 spiro atoms. The summed E-state index contributed by atoms with van der Waals surface area (Å²) in [6.07, 6.45) is 43.4. The van der Waals surface area contributed by atoms with Crippen LogP contribution in [0.3, 0.4) is 0 Å². The van der Waals surface area contributed by atoms with Crippen molar-refractivity contribution in [2.24, 2.45) is 0 Å². The maximum atomic E-state index is 12.0. The van der Waals surface area contributed by atoms with Crippen molar-refractivity contribution >= 4 is 11.9 Å². The number of hydrogen-bond donors (Lipinski definition) is 2. The topological polar surface area (TPSA) is 93.1 Å². The van der Waals surface area contributed by atoms with Gasteiger partial charge in [0, 0.05) is 12.8 Å². The molecule has 0 unspecified atom stereocenters. The summed E-state index contributed by atoms with van der Waals surface area (Å²) in [7, 11) is 0. The molecule has 2 atom stereocenters. The molecule has 0 aromatic carbocycles. The van der Waals surface area contributed by atoms with Gasteiger partial charge in [0.25, 0.3) is 0 Å². The van der Waals surface area contributed by atoms with E-state index in [-0.39, 0.29) is 25.6 Å². The van der Waals surface area contributed by atoms with Crippen molar-refractivity contribution in [1.82, 2.24) is 0 Å². The number of allylic oxidation sites excluding steroid dienone is 7. The summed E-state index contributed by atoms with van der Waals surface area (Å²) in [6.45, 7) is 4.11. The van der Waals surface area contributed by atoms with Crippen LogP contribution in [0.2, 0.25) is 0 Å². The number of hydrogen-bond acceptors (Lipinski definition) is 6. The molecule has 0 aliphatic carbocycles. The first kappa shape index (κ1) is 45.8. The van der Waals surface area contributed by atoms with Gasteiger partial charge in [0.2, 0.25) is 0 Å². The number of carbonyl (C=O) groups excluding carboxylic acids is 2. The molecule has 0 rings (SSSR count). The first-order valence-corrected chi connectivity index (χ1v) is 19.8. The van der Waals surface area contributed by atoms with Crippen LogP contribution in [0.1, 0.15) is 181 Å². The van der Waals surface area contributed by atoms with Gasteiger partial charge < -0.3 is 19.7 Å². The van der Waals surface area contributed by atoms with Gasteiger partial charge in [0.1, 0.15) is 19.3 Å². The summed E-state index contributed by atoms with van der Waals surface area (Å²) in [4.78, 5) is 23.9. The lowest BCUT2D eigenvalue weighted by Crippen LogP contribution is -2.25. The number of ether oxygens (including phenoxy) is 2. The van der Waals surface area contributed by atoms with Crippen LogP contribution in [0.15, 0.2) is 48.6 Å². The van der Waals surface area contributed by atoms with Crippen molar-refractivity contribution in [3.05, 3.63) is 48.6 Å². The van der Waals surface area contributed by atoms with Crippen molar-refractivity contribution in [1.29, 1.82) is 0 Å². The maximum absolute atomic E-state index is 12.0. The number of unbranched alkanes of at least 4 members (excludes halogenated alkanes) is 18. The van der Waals surface area contributed by atoms with Gasteiger partial charge in [-0.3, -0.25) is 9.59 Å². The molecule has 0 saturated heterocycles. The minimum absolute atomic E-state index is 0.157. The molecule has 6 heteroatoms. The molecule has 0 saturated carbocycles. The largest absolute Gasteiger partial charge is 0.463 e. The van der Waals surface area contributed by atoms with E-state index < -0.39 is 18.2 Å². The highest BCUT2D eigenvalue weighted by Crippen LogP contribution is 2.14. The van der Waals surface area contributed by atoms with Crippen LogP contribution >= 0.6 is 0 Å². The molecule has 48 heavy (non-hydrogen) atoms. The number of aliphatic hydroxyl groups is 2. The van der Waals surface area contributed by atoms with Crippen LogP contribution < -0.4 is 0 Å². The summed E-state index contributed by atoms with van der Waals surface area (Å²) in [5, 5.41) is 20.1. The van der Waals surface area contributed by atoms with Crippen molar-refractivity contribution in [2.75, 3.05) is 13.2 Å². The second-order valence-electron chi connectivity index (χ2n) is 13.3. The predicted molar refractivity (Wildman–Crippen MR) is 202 cm³/mol. The van der Waals surface area contributed by atoms with Crippen LogP contribution in [-0.4, -0.2) is 47.6 Å². The molecular formula is C42H74O6. The molecule has 0 bridgehead atoms. The average molecular weight is 675 g/mol. The monoisotopic (exact) mass is 675 g/mol. The van der Waals surface area contributed by atoms with Gasteiger partial charge in [0.15, 0.2) is 0 Å². The molecule has 0 aromatic heterocycles. The van der Waals surface area contributed by atoms with E-state index >= 15 is 0 Å². The van der Waals surface area contributed by atoms with E-state index in [4.69, 9.17) is 9.47 Å². The van der Waals surface area contributed by atoms with E-state index in [2.05, 4.69) is 38.2 Å². The van der Waals surface area contributed by atoms with Crippen molar-refractivity contribution in [2.45, 2.75) is 193 Å². The average Bonchev–Trinajstić information content (AvgIpc) is 3.08. The van der Waals surface area contributed by atoms with Crippen molar-refractivity contribution < 1.29 is 29.3 Å². The molecule has 6 nitrogen and oxygen atoms in total. The number of rotatable bonds is 35. The van der Waals surface area contributed by atoms with Gasteiger partial charge in [-0.2, -0.15) is 0 Å². The van der Waals surface area contributed by atoms with Crippen LogP contribution in [0.25, 0.3) is 0 Å². The second kappa shape index (κ2) is 37.6. The Morgan fingerprint density at radius 2 is 0.958 bits per heavy atom. The Morgan fingerprint density at radius 3 is 1.50 bits per heavy atom. The molecule has 0 heterocycles. The normalized spacial score (nSPS) is 13.3. The predicted octanol–water partition coefficient (Wildman–Crippen LogP) is 11.2. The third-order valence-electron chi connectivity index (χ3n) is 8.42. The zero-order valence-corrected chi connectivity index (χ0v) is 31.1. The molecule has 2 N–H and O–H groups in total. The molecule has 0 aromatic rings. The van der Waals surface area contributed by atoms with E-state index in [0.717, 1.165) is 38.5 Å². The first-order valence-electron chi connectivity index (χ1n) is 19.8. The van der Waals surface area contributed by atoms with Crippen LogP contribution in [-0.2, 0) is 19.1 Å². The van der Waals surface area contributed by atoms with E-state index in [1.165, 1.54) is 103 Å². The highest BCUT2D eigenvalue weighted by atomic mass is 16.6. The minimum atomic E-state index is -1.04. The molecular weight excluding hydrogens is 600 g/mol. The van der Waals surface area contributed by atoms with E-state index in [1.807, 2.05) is 18.2 Å². The molecule has 0 amide bonds. The zero-order chi connectivity index (χ0) is 35.2. The molecule has 0 aliphatic heterocycles. The van der Waals surface area contributed by atoms with E-state index in [1.54, 1.807) is 6.08 Å². The summed E-state index contributed by atoms with van der Waals surface area (Å²) < 4.78 is 10.2. The molecule has 278 valence electrons.